The first-order valence-corrected chi connectivity index (χ1v) is 4.73. The molecule has 0 radical (unpaired) electrons. The Morgan fingerprint density at radius 3 is 2.67 bits per heavy atom. The number of nitrogens with zero attached hydrogens (tertiary/aromatic N) is 1. The van der Waals surface area contributed by atoms with Crippen LogP contribution in [0, 0.1) is 5.82 Å². The third kappa shape index (κ3) is 2.68. The highest BCUT2D eigenvalue weighted by atomic mass is 19.1. The first kappa shape index (κ1) is 11.5. The third-order valence-electron chi connectivity index (χ3n) is 2.07. The summed E-state index contributed by atoms with van der Waals surface area (Å²) in [6.45, 7) is 3.63. The van der Waals surface area contributed by atoms with Crippen molar-refractivity contribution in [3.63, 3.8) is 0 Å². The minimum Gasteiger partial charge on any atom is -0.491 e. The maximum Gasteiger partial charge on any atom is 0.223 e. The summed E-state index contributed by atoms with van der Waals surface area (Å²) in [7, 11) is 1.59. The molecule has 0 atom stereocenters. The smallest absolute Gasteiger partial charge is 0.223 e. The van der Waals surface area contributed by atoms with E-state index in [9.17, 15) is 9.18 Å². The second-order valence-corrected chi connectivity index (χ2v) is 3.13. The molecule has 0 fully saturated rings. The first-order chi connectivity index (χ1) is 7.06. The quantitative estimate of drug-likeness (QED) is 0.767. The van der Waals surface area contributed by atoms with E-state index in [4.69, 9.17) is 4.74 Å². The zero-order valence-electron chi connectivity index (χ0n) is 9.08. The van der Waals surface area contributed by atoms with Gasteiger partial charge in [0, 0.05) is 25.7 Å². The molecule has 82 valence electrons. The van der Waals surface area contributed by atoms with Crippen molar-refractivity contribution in [2.45, 2.75) is 13.8 Å². The lowest BCUT2D eigenvalue weighted by atomic mass is 10.2. The largest absolute Gasteiger partial charge is 0.491 e. The zero-order valence-corrected chi connectivity index (χ0v) is 9.08. The van der Waals surface area contributed by atoms with Crippen LogP contribution in [0.15, 0.2) is 18.2 Å². The molecule has 0 aliphatic heterocycles. The summed E-state index contributed by atoms with van der Waals surface area (Å²) in [5, 5.41) is 0. The molecule has 0 bridgehead atoms. The molecule has 1 amide bonds. The Hall–Kier alpha value is -1.58. The molecule has 1 rings (SSSR count). The van der Waals surface area contributed by atoms with Gasteiger partial charge in [-0.1, -0.05) is 0 Å². The molecule has 0 aliphatic carbocycles. The van der Waals surface area contributed by atoms with E-state index in [2.05, 4.69) is 0 Å². The number of carbonyl (C=O) groups is 1. The summed E-state index contributed by atoms with van der Waals surface area (Å²) in [4.78, 5) is 12.4. The average Bonchev–Trinajstić information content (AvgIpc) is 2.20. The Balaban J connectivity index is 2.95. The molecule has 0 saturated heterocycles. The summed E-state index contributed by atoms with van der Waals surface area (Å²) < 4.78 is 18.5. The van der Waals surface area contributed by atoms with Crippen LogP contribution in [0.5, 0.6) is 5.75 Å². The van der Waals surface area contributed by atoms with E-state index in [1.807, 2.05) is 0 Å². The fourth-order valence-electron chi connectivity index (χ4n) is 1.15. The van der Waals surface area contributed by atoms with Gasteiger partial charge in [0.25, 0.3) is 0 Å². The van der Waals surface area contributed by atoms with Crippen LogP contribution in [0.1, 0.15) is 13.8 Å². The topological polar surface area (TPSA) is 29.5 Å². The van der Waals surface area contributed by atoms with Gasteiger partial charge < -0.3 is 9.64 Å². The first-order valence-electron chi connectivity index (χ1n) is 4.73. The molecule has 0 spiro atoms. The Morgan fingerprint density at radius 1 is 1.53 bits per heavy atom. The van der Waals surface area contributed by atoms with Crippen molar-refractivity contribution < 1.29 is 13.9 Å². The fraction of sp³-hybridized carbons (Fsp3) is 0.364. The number of amides is 1. The number of halogens is 1. The van der Waals surface area contributed by atoms with Gasteiger partial charge in [0.2, 0.25) is 5.91 Å². The molecule has 0 unspecified atom stereocenters. The van der Waals surface area contributed by atoms with Crippen molar-refractivity contribution in [1.82, 2.24) is 0 Å². The van der Waals surface area contributed by atoms with Crippen molar-refractivity contribution in [2.24, 2.45) is 0 Å². The number of rotatable bonds is 3. The van der Waals surface area contributed by atoms with E-state index in [-0.39, 0.29) is 11.7 Å². The van der Waals surface area contributed by atoms with Gasteiger partial charge in [-0.3, -0.25) is 4.79 Å². The van der Waals surface area contributed by atoms with Crippen molar-refractivity contribution in [3.05, 3.63) is 24.0 Å². The summed E-state index contributed by atoms with van der Waals surface area (Å²) in [6, 6.07) is 4.45. The standard InChI is InChI=1S/C11H14FNO2/c1-4-15-11-6-5-9(7-10(11)12)13(3)8(2)14/h5-7H,4H2,1-3H3. The van der Waals surface area contributed by atoms with Gasteiger partial charge in [-0.25, -0.2) is 4.39 Å². The van der Waals surface area contributed by atoms with E-state index in [0.29, 0.717) is 12.3 Å². The van der Waals surface area contributed by atoms with Gasteiger partial charge >= 0.3 is 0 Å². The predicted molar refractivity (Wildman–Crippen MR) is 56.7 cm³/mol. The highest BCUT2D eigenvalue weighted by Crippen LogP contribution is 2.23. The summed E-state index contributed by atoms with van der Waals surface area (Å²) in [5.74, 6) is -0.390. The maximum absolute atomic E-state index is 13.4. The average molecular weight is 211 g/mol. The normalized spacial score (nSPS) is 9.87. The van der Waals surface area contributed by atoms with E-state index in [0.717, 1.165) is 0 Å². The zero-order chi connectivity index (χ0) is 11.4. The number of anilines is 1. The molecular formula is C11H14FNO2. The molecule has 1 aromatic carbocycles. The second-order valence-electron chi connectivity index (χ2n) is 3.13. The fourth-order valence-corrected chi connectivity index (χ4v) is 1.15. The summed E-state index contributed by atoms with van der Waals surface area (Å²) in [5.41, 5.74) is 0.517. The highest BCUT2D eigenvalue weighted by molar-refractivity contribution is 5.90. The molecule has 3 nitrogen and oxygen atoms in total. The number of hydrogen-bond acceptors (Lipinski definition) is 2. The number of ether oxygens (including phenoxy) is 1. The SMILES string of the molecule is CCOc1ccc(N(C)C(C)=O)cc1F. The lowest BCUT2D eigenvalue weighted by Crippen LogP contribution is -2.22. The second kappa shape index (κ2) is 4.77. The van der Waals surface area contributed by atoms with Crippen molar-refractivity contribution in [1.29, 1.82) is 0 Å². The Labute approximate surface area is 88.5 Å². The third-order valence-corrected chi connectivity index (χ3v) is 2.07. The number of carbonyl (C=O) groups excluding carboxylic acids is 1. The molecule has 0 saturated carbocycles. The van der Waals surface area contributed by atoms with Gasteiger partial charge in [0.1, 0.15) is 0 Å². The van der Waals surface area contributed by atoms with Gasteiger partial charge in [0.05, 0.1) is 6.61 Å². The van der Waals surface area contributed by atoms with E-state index >= 15 is 0 Å². The minimum absolute atomic E-state index is 0.140. The molecule has 4 heteroatoms. The van der Waals surface area contributed by atoms with E-state index in [1.165, 1.54) is 24.0 Å². The van der Waals surface area contributed by atoms with Crippen LogP contribution in [0.3, 0.4) is 0 Å². The van der Waals surface area contributed by atoms with E-state index < -0.39 is 5.82 Å². The maximum atomic E-state index is 13.4. The molecule has 15 heavy (non-hydrogen) atoms. The van der Waals surface area contributed by atoms with Crippen molar-refractivity contribution >= 4 is 11.6 Å². The molecular weight excluding hydrogens is 197 g/mol. The Bertz CT molecular complexity index is 366. The number of hydrogen-bond donors (Lipinski definition) is 0. The van der Waals surface area contributed by atoms with Gasteiger partial charge in [-0.05, 0) is 19.1 Å². The monoisotopic (exact) mass is 211 g/mol. The molecule has 1 aromatic rings. The summed E-state index contributed by atoms with van der Waals surface area (Å²) in [6.07, 6.45) is 0. The van der Waals surface area contributed by atoms with Gasteiger partial charge in [0.15, 0.2) is 11.6 Å². The Kier molecular flexibility index (Phi) is 3.66. The van der Waals surface area contributed by atoms with Crippen LogP contribution >= 0.6 is 0 Å². The molecule has 0 aliphatic rings. The highest BCUT2D eigenvalue weighted by Gasteiger charge is 2.09. The summed E-state index contributed by atoms with van der Waals surface area (Å²) >= 11 is 0. The molecule has 0 heterocycles. The van der Waals surface area contributed by atoms with Crippen LogP contribution in [-0.4, -0.2) is 19.6 Å². The number of benzene rings is 1. The van der Waals surface area contributed by atoms with Crippen LogP contribution < -0.4 is 9.64 Å². The van der Waals surface area contributed by atoms with Gasteiger partial charge in [-0.15, -0.1) is 0 Å². The van der Waals surface area contributed by atoms with Crippen LogP contribution in [0.25, 0.3) is 0 Å². The lowest BCUT2D eigenvalue weighted by molar-refractivity contribution is -0.116. The minimum atomic E-state index is -0.456. The molecule has 0 aromatic heterocycles. The van der Waals surface area contributed by atoms with Crippen molar-refractivity contribution in [2.75, 3.05) is 18.6 Å². The van der Waals surface area contributed by atoms with Crippen LogP contribution in [-0.2, 0) is 4.79 Å². The van der Waals surface area contributed by atoms with E-state index in [1.54, 1.807) is 20.0 Å². The van der Waals surface area contributed by atoms with Crippen LogP contribution in [0.4, 0.5) is 10.1 Å². The van der Waals surface area contributed by atoms with Crippen molar-refractivity contribution in [3.8, 4) is 5.75 Å². The Morgan fingerprint density at radius 2 is 2.20 bits per heavy atom. The molecule has 0 N–H and O–H groups in total. The van der Waals surface area contributed by atoms with Gasteiger partial charge in [-0.2, -0.15) is 0 Å². The lowest BCUT2D eigenvalue weighted by Gasteiger charge is -2.15. The predicted octanol–water partition coefficient (Wildman–Crippen LogP) is 2.21. The van der Waals surface area contributed by atoms with Crippen LogP contribution in [0.2, 0.25) is 0 Å².